The van der Waals surface area contributed by atoms with E-state index in [1.54, 1.807) is 0 Å². The third-order valence-corrected chi connectivity index (χ3v) is 3.14. The van der Waals surface area contributed by atoms with Crippen molar-refractivity contribution in [3.05, 3.63) is 34.9 Å². The van der Waals surface area contributed by atoms with Gasteiger partial charge in [0.2, 0.25) is 5.91 Å². The van der Waals surface area contributed by atoms with Crippen LogP contribution in [0.2, 0.25) is 0 Å². The number of hydrogen-bond donors (Lipinski definition) is 1. The average Bonchev–Trinajstić information content (AvgIpc) is 2.32. The van der Waals surface area contributed by atoms with E-state index in [1.807, 2.05) is 39.0 Å². The number of nitrogens with zero attached hydrogens (tertiary/aromatic N) is 1. The van der Waals surface area contributed by atoms with E-state index in [0.717, 1.165) is 17.5 Å². The first-order chi connectivity index (χ1) is 8.88. The number of benzene rings is 1. The lowest BCUT2D eigenvalue weighted by atomic mass is 9.97. The Kier molecular flexibility index (Phi) is 5.10. The molecule has 1 N–H and O–H groups in total. The summed E-state index contributed by atoms with van der Waals surface area (Å²) in [5.41, 5.74) is 2.57. The van der Waals surface area contributed by atoms with Crippen molar-refractivity contribution in [1.82, 2.24) is 4.90 Å². The smallest absolute Gasteiger partial charge is 0.331 e. The van der Waals surface area contributed by atoms with Crippen molar-refractivity contribution in [2.24, 2.45) is 0 Å². The first-order valence-corrected chi connectivity index (χ1v) is 6.45. The molecule has 0 aromatic heterocycles. The van der Waals surface area contributed by atoms with Gasteiger partial charge in [-0.2, -0.15) is 0 Å². The minimum Gasteiger partial charge on any atom is -0.479 e. The summed E-state index contributed by atoms with van der Waals surface area (Å²) in [5, 5.41) is 9.49. The molecular weight excluding hydrogens is 242 g/mol. The highest BCUT2D eigenvalue weighted by Crippen LogP contribution is 2.26. The van der Waals surface area contributed by atoms with E-state index in [-0.39, 0.29) is 5.91 Å². The molecule has 0 heterocycles. The van der Waals surface area contributed by atoms with Crippen molar-refractivity contribution in [2.75, 3.05) is 6.54 Å². The highest BCUT2D eigenvalue weighted by molar-refractivity contribution is 5.83. The highest BCUT2D eigenvalue weighted by Gasteiger charge is 2.30. The van der Waals surface area contributed by atoms with E-state index in [2.05, 4.69) is 0 Å². The Hall–Kier alpha value is -1.84. The average molecular weight is 263 g/mol. The minimum atomic E-state index is -0.989. The van der Waals surface area contributed by atoms with Gasteiger partial charge in [0.1, 0.15) is 0 Å². The lowest BCUT2D eigenvalue weighted by molar-refractivity contribution is -0.149. The fraction of sp³-hybridized carbons (Fsp3) is 0.467. The molecule has 1 amide bonds. The van der Waals surface area contributed by atoms with Crippen molar-refractivity contribution < 1.29 is 14.7 Å². The SMILES string of the molecule is CCCN(C(C)=O)C(C(=O)O)c1cc(C)ccc1C. The maximum absolute atomic E-state index is 11.7. The van der Waals surface area contributed by atoms with Crippen LogP contribution >= 0.6 is 0 Å². The van der Waals surface area contributed by atoms with Gasteiger partial charge >= 0.3 is 5.97 Å². The minimum absolute atomic E-state index is 0.213. The van der Waals surface area contributed by atoms with E-state index in [0.29, 0.717) is 12.1 Å². The van der Waals surface area contributed by atoms with Crippen LogP contribution in [-0.2, 0) is 9.59 Å². The predicted molar refractivity (Wildman–Crippen MR) is 74.0 cm³/mol. The Morgan fingerprint density at radius 3 is 2.42 bits per heavy atom. The molecule has 0 aliphatic heterocycles. The summed E-state index contributed by atoms with van der Waals surface area (Å²) in [4.78, 5) is 24.7. The van der Waals surface area contributed by atoms with Crippen LogP contribution in [0.3, 0.4) is 0 Å². The largest absolute Gasteiger partial charge is 0.479 e. The number of carboxylic acid groups (broad SMARTS) is 1. The van der Waals surface area contributed by atoms with Gasteiger partial charge in [0, 0.05) is 13.5 Å². The molecule has 1 unspecified atom stereocenters. The van der Waals surface area contributed by atoms with Crippen molar-refractivity contribution in [3.63, 3.8) is 0 Å². The number of carboxylic acids is 1. The second-order valence-electron chi connectivity index (χ2n) is 4.81. The van der Waals surface area contributed by atoms with Gasteiger partial charge in [-0.15, -0.1) is 0 Å². The first-order valence-electron chi connectivity index (χ1n) is 6.45. The van der Waals surface area contributed by atoms with E-state index in [1.165, 1.54) is 11.8 Å². The van der Waals surface area contributed by atoms with Crippen LogP contribution in [0.15, 0.2) is 18.2 Å². The molecule has 0 saturated carbocycles. The van der Waals surface area contributed by atoms with Gasteiger partial charge in [0.25, 0.3) is 0 Å². The van der Waals surface area contributed by atoms with E-state index < -0.39 is 12.0 Å². The number of hydrogen-bond acceptors (Lipinski definition) is 2. The molecular formula is C15H21NO3. The molecule has 4 heteroatoms. The van der Waals surface area contributed by atoms with Crippen LogP contribution in [0.5, 0.6) is 0 Å². The predicted octanol–water partition coefficient (Wildman–Crippen LogP) is 2.69. The Morgan fingerprint density at radius 1 is 1.32 bits per heavy atom. The Morgan fingerprint density at radius 2 is 1.95 bits per heavy atom. The summed E-state index contributed by atoms with van der Waals surface area (Å²) in [6.07, 6.45) is 0.730. The molecule has 4 nitrogen and oxygen atoms in total. The van der Waals surface area contributed by atoms with Gasteiger partial charge in [-0.05, 0) is 31.4 Å². The van der Waals surface area contributed by atoms with Gasteiger partial charge in [0.05, 0.1) is 0 Å². The summed E-state index contributed by atoms with van der Waals surface area (Å²) in [7, 11) is 0. The summed E-state index contributed by atoms with van der Waals surface area (Å²) < 4.78 is 0. The highest BCUT2D eigenvalue weighted by atomic mass is 16.4. The summed E-state index contributed by atoms with van der Waals surface area (Å²) in [5.74, 6) is -1.20. The molecule has 1 atom stereocenters. The van der Waals surface area contributed by atoms with Crippen molar-refractivity contribution >= 4 is 11.9 Å². The zero-order chi connectivity index (χ0) is 14.6. The normalized spacial score (nSPS) is 12.0. The molecule has 104 valence electrons. The molecule has 0 aliphatic carbocycles. The van der Waals surface area contributed by atoms with Gasteiger partial charge in [-0.25, -0.2) is 4.79 Å². The molecule has 0 radical (unpaired) electrons. The molecule has 1 aromatic rings. The number of rotatable bonds is 5. The third kappa shape index (κ3) is 3.56. The number of aryl methyl sites for hydroxylation is 2. The van der Waals surface area contributed by atoms with Gasteiger partial charge in [-0.1, -0.05) is 30.7 Å². The molecule has 1 aromatic carbocycles. The van der Waals surface area contributed by atoms with Crippen LogP contribution in [0.25, 0.3) is 0 Å². The van der Waals surface area contributed by atoms with Crippen LogP contribution in [0.4, 0.5) is 0 Å². The van der Waals surface area contributed by atoms with Crippen molar-refractivity contribution in [3.8, 4) is 0 Å². The van der Waals surface area contributed by atoms with Crippen LogP contribution in [0.1, 0.15) is 43.0 Å². The van der Waals surface area contributed by atoms with Crippen molar-refractivity contribution in [2.45, 2.75) is 40.2 Å². The number of amides is 1. The zero-order valence-electron chi connectivity index (χ0n) is 11.9. The second-order valence-corrected chi connectivity index (χ2v) is 4.81. The lowest BCUT2D eigenvalue weighted by Crippen LogP contribution is -2.38. The molecule has 19 heavy (non-hydrogen) atoms. The van der Waals surface area contributed by atoms with E-state index in [9.17, 15) is 14.7 Å². The zero-order valence-corrected chi connectivity index (χ0v) is 11.9. The number of carbonyl (C=O) groups is 2. The lowest BCUT2D eigenvalue weighted by Gasteiger charge is -2.29. The first kappa shape index (κ1) is 15.2. The Balaban J connectivity index is 3.29. The summed E-state index contributed by atoms with van der Waals surface area (Å²) >= 11 is 0. The molecule has 0 saturated heterocycles. The molecule has 0 aliphatic rings. The molecule has 1 rings (SSSR count). The Labute approximate surface area is 114 Å². The van der Waals surface area contributed by atoms with Crippen molar-refractivity contribution in [1.29, 1.82) is 0 Å². The summed E-state index contributed by atoms with van der Waals surface area (Å²) in [6, 6.07) is 4.78. The maximum Gasteiger partial charge on any atom is 0.331 e. The summed E-state index contributed by atoms with van der Waals surface area (Å²) in [6.45, 7) is 7.57. The number of carbonyl (C=O) groups excluding carboxylic acids is 1. The number of aliphatic carboxylic acids is 1. The van der Waals surface area contributed by atoms with Gasteiger partial charge in [-0.3, -0.25) is 4.79 Å². The fourth-order valence-corrected chi connectivity index (χ4v) is 2.20. The molecule has 0 bridgehead atoms. The van der Waals surface area contributed by atoms with E-state index in [4.69, 9.17) is 0 Å². The quantitative estimate of drug-likeness (QED) is 0.888. The topological polar surface area (TPSA) is 57.6 Å². The Bertz CT molecular complexity index is 482. The van der Waals surface area contributed by atoms with Crippen LogP contribution in [0, 0.1) is 13.8 Å². The fourth-order valence-electron chi connectivity index (χ4n) is 2.20. The van der Waals surface area contributed by atoms with Crippen LogP contribution < -0.4 is 0 Å². The molecule has 0 fully saturated rings. The third-order valence-electron chi connectivity index (χ3n) is 3.14. The standard InChI is InChI=1S/C15H21NO3/c1-5-8-16(12(4)17)14(15(18)19)13-9-10(2)6-7-11(13)3/h6-7,9,14H,5,8H2,1-4H3,(H,18,19). The van der Waals surface area contributed by atoms with Gasteiger partial charge < -0.3 is 10.0 Å². The second kappa shape index (κ2) is 6.36. The monoisotopic (exact) mass is 263 g/mol. The van der Waals surface area contributed by atoms with E-state index >= 15 is 0 Å². The van der Waals surface area contributed by atoms with Crippen LogP contribution in [-0.4, -0.2) is 28.4 Å². The maximum atomic E-state index is 11.7. The van der Waals surface area contributed by atoms with Gasteiger partial charge in [0.15, 0.2) is 6.04 Å². The molecule has 0 spiro atoms.